The van der Waals surface area contributed by atoms with Crippen molar-refractivity contribution in [2.45, 2.75) is 19.0 Å². The minimum atomic E-state index is 0. The number of nitrogens with zero attached hydrogens (tertiary/aromatic N) is 1. The summed E-state index contributed by atoms with van der Waals surface area (Å²) in [6.07, 6.45) is 1.27. The van der Waals surface area contributed by atoms with Crippen molar-refractivity contribution in [3.63, 3.8) is 0 Å². The first-order valence-electron chi connectivity index (χ1n) is 5.42. The Morgan fingerprint density at radius 3 is 2.62 bits per heavy atom. The van der Waals surface area contributed by atoms with Gasteiger partial charge in [-0.15, -0.1) is 12.4 Å². The second-order valence-corrected chi connectivity index (χ2v) is 5.05. The summed E-state index contributed by atoms with van der Waals surface area (Å²) >= 11 is 3.46. The largest absolute Gasteiger partial charge is 0.316 e. The summed E-state index contributed by atoms with van der Waals surface area (Å²) in [5.41, 5.74) is 1.40. The third-order valence-corrected chi connectivity index (χ3v) is 3.53. The number of nitrogens with one attached hydrogen (secondary N) is 1. The van der Waals surface area contributed by atoms with Gasteiger partial charge in [-0.25, -0.2) is 0 Å². The molecule has 1 N–H and O–H groups in total. The molecule has 1 saturated heterocycles. The summed E-state index contributed by atoms with van der Waals surface area (Å²) in [6, 6.07) is 9.29. The molecule has 1 aliphatic heterocycles. The molecule has 1 fully saturated rings. The quantitative estimate of drug-likeness (QED) is 0.923. The molecule has 4 heteroatoms. The minimum Gasteiger partial charge on any atom is -0.316 e. The van der Waals surface area contributed by atoms with Crippen molar-refractivity contribution in [1.82, 2.24) is 10.2 Å². The Balaban J connectivity index is 0.00000128. The van der Waals surface area contributed by atoms with Crippen LogP contribution < -0.4 is 5.32 Å². The maximum Gasteiger partial charge on any atom is 0.0234 e. The second kappa shape index (κ2) is 6.60. The van der Waals surface area contributed by atoms with Crippen LogP contribution in [0.5, 0.6) is 0 Å². The van der Waals surface area contributed by atoms with E-state index in [1.165, 1.54) is 25.1 Å². The molecule has 0 bridgehead atoms. The van der Waals surface area contributed by atoms with Crippen molar-refractivity contribution < 1.29 is 0 Å². The van der Waals surface area contributed by atoms with Gasteiger partial charge in [-0.2, -0.15) is 0 Å². The normalized spacial score (nSPS) is 20.8. The Morgan fingerprint density at radius 1 is 1.38 bits per heavy atom. The molecule has 0 aromatic heterocycles. The molecule has 1 aromatic carbocycles. The zero-order valence-electron chi connectivity index (χ0n) is 9.45. The fraction of sp³-hybridized carbons (Fsp3) is 0.500. The highest BCUT2D eigenvalue weighted by Crippen LogP contribution is 2.15. The first-order valence-corrected chi connectivity index (χ1v) is 6.21. The topological polar surface area (TPSA) is 15.3 Å². The molecular weight excluding hydrogens is 288 g/mol. The van der Waals surface area contributed by atoms with E-state index in [1.54, 1.807) is 0 Å². The molecule has 1 atom stereocenters. The van der Waals surface area contributed by atoms with Crippen LogP contribution in [-0.2, 0) is 6.54 Å². The van der Waals surface area contributed by atoms with Crippen molar-refractivity contribution in [3.8, 4) is 0 Å². The van der Waals surface area contributed by atoms with Crippen molar-refractivity contribution in [2.24, 2.45) is 0 Å². The van der Waals surface area contributed by atoms with Crippen molar-refractivity contribution in [2.75, 3.05) is 20.1 Å². The first kappa shape index (κ1) is 14.0. The fourth-order valence-electron chi connectivity index (χ4n) is 2.06. The standard InChI is InChI=1S/C12H17BrN2.ClH/c1-14-12-6-7-15(9-12)8-10-2-4-11(13)5-3-10;/h2-5,12,14H,6-9H2,1H3;1H. The van der Waals surface area contributed by atoms with Gasteiger partial charge in [-0.05, 0) is 31.2 Å². The van der Waals surface area contributed by atoms with E-state index in [0.717, 1.165) is 11.0 Å². The van der Waals surface area contributed by atoms with Gasteiger partial charge in [0.05, 0.1) is 0 Å². The van der Waals surface area contributed by atoms with Gasteiger partial charge in [0.2, 0.25) is 0 Å². The molecule has 1 aliphatic rings. The Bertz CT molecular complexity index is 315. The minimum absolute atomic E-state index is 0. The van der Waals surface area contributed by atoms with Crippen LogP contribution in [0, 0.1) is 0 Å². The number of hydrogen-bond acceptors (Lipinski definition) is 2. The number of likely N-dealkylation sites (N-methyl/N-ethyl adjacent to an activating group) is 1. The van der Waals surface area contributed by atoms with Gasteiger partial charge < -0.3 is 5.32 Å². The molecule has 90 valence electrons. The highest BCUT2D eigenvalue weighted by Gasteiger charge is 2.20. The molecule has 0 radical (unpaired) electrons. The van der Waals surface area contributed by atoms with Crippen LogP contribution in [0.25, 0.3) is 0 Å². The van der Waals surface area contributed by atoms with E-state index in [2.05, 4.69) is 50.4 Å². The summed E-state index contributed by atoms with van der Waals surface area (Å²) in [5.74, 6) is 0. The second-order valence-electron chi connectivity index (χ2n) is 4.14. The molecule has 1 heterocycles. The first-order chi connectivity index (χ1) is 7.28. The van der Waals surface area contributed by atoms with Crippen LogP contribution in [0.1, 0.15) is 12.0 Å². The molecule has 1 unspecified atom stereocenters. The van der Waals surface area contributed by atoms with Gasteiger partial charge in [0.1, 0.15) is 0 Å². The van der Waals surface area contributed by atoms with Gasteiger partial charge in [-0.1, -0.05) is 28.1 Å². The van der Waals surface area contributed by atoms with Crippen molar-refractivity contribution in [3.05, 3.63) is 34.3 Å². The van der Waals surface area contributed by atoms with E-state index < -0.39 is 0 Å². The Labute approximate surface area is 112 Å². The summed E-state index contributed by atoms with van der Waals surface area (Å²) in [4.78, 5) is 2.50. The molecule has 0 amide bonds. The van der Waals surface area contributed by atoms with Gasteiger partial charge in [-0.3, -0.25) is 4.90 Å². The van der Waals surface area contributed by atoms with Crippen molar-refractivity contribution in [1.29, 1.82) is 0 Å². The van der Waals surface area contributed by atoms with Crippen LogP contribution in [0.15, 0.2) is 28.7 Å². The zero-order valence-corrected chi connectivity index (χ0v) is 11.9. The monoisotopic (exact) mass is 304 g/mol. The molecule has 0 aliphatic carbocycles. The van der Waals surface area contributed by atoms with Crippen LogP contribution in [0.4, 0.5) is 0 Å². The summed E-state index contributed by atoms with van der Waals surface area (Å²) < 4.78 is 1.15. The van der Waals surface area contributed by atoms with Gasteiger partial charge >= 0.3 is 0 Å². The smallest absolute Gasteiger partial charge is 0.0234 e. The molecule has 16 heavy (non-hydrogen) atoms. The highest BCUT2D eigenvalue weighted by atomic mass is 79.9. The van der Waals surface area contributed by atoms with Crippen LogP contribution in [0.2, 0.25) is 0 Å². The van der Waals surface area contributed by atoms with Crippen molar-refractivity contribution >= 4 is 28.3 Å². The third-order valence-electron chi connectivity index (χ3n) is 3.00. The predicted octanol–water partition coefficient (Wildman–Crippen LogP) is 2.66. The lowest BCUT2D eigenvalue weighted by Crippen LogP contribution is -2.29. The lowest BCUT2D eigenvalue weighted by molar-refractivity contribution is 0.322. The Hall–Kier alpha value is -0.0900. The Morgan fingerprint density at radius 2 is 2.06 bits per heavy atom. The molecule has 2 nitrogen and oxygen atoms in total. The average molecular weight is 306 g/mol. The lowest BCUT2D eigenvalue weighted by Gasteiger charge is -2.15. The van der Waals surface area contributed by atoms with E-state index >= 15 is 0 Å². The number of halogens is 2. The molecule has 2 rings (SSSR count). The lowest BCUT2D eigenvalue weighted by atomic mass is 10.2. The van der Waals surface area contributed by atoms with Gasteiger partial charge in [0, 0.05) is 30.1 Å². The van der Waals surface area contributed by atoms with Gasteiger partial charge in [0.25, 0.3) is 0 Å². The van der Waals surface area contributed by atoms with E-state index in [4.69, 9.17) is 0 Å². The number of likely N-dealkylation sites (tertiary alicyclic amines) is 1. The van der Waals surface area contributed by atoms with Crippen LogP contribution in [-0.4, -0.2) is 31.1 Å². The summed E-state index contributed by atoms with van der Waals surface area (Å²) in [5, 5.41) is 3.34. The number of benzene rings is 1. The maximum atomic E-state index is 3.46. The van der Waals surface area contributed by atoms with E-state index in [0.29, 0.717) is 6.04 Å². The maximum absolute atomic E-state index is 3.46. The molecule has 1 aromatic rings. The molecule has 0 saturated carbocycles. The predicted molar refractivity (Wildman–Crippen MR) is 74.1 cm³/mol. The van der Waals surface area contributed by atoms with E-state index in [-0.39, 0.29) is 12.4 Å². The summed E-state index contributed by atoms with van der Waals surface area (Å²) in [6.45, 7) is 3.46. The number of rotatable bonds is 3. The van der Waals surface area contributed by atoms with Crippen LogP contribution in [0.3, 0.4) is 0 Å². The van der Waals surface area contributed by atoms with E-state index in [9.17, 15) is 0 Å². The fourth-order valence-corrected chi connectivity index (χ4v) is 2.32. The van der Waals surface area contributed by atoms with Crippen LogP contribution >= 0.6 is 28.3 Å². The van der Waals surface area contributed by atoms with Gasteiger partial charge in [0.15, 0.2) is 0 Å². The van der Waals surface area contributed by atoms with E-state index in [1.807, 2.05) is 7.05 Å². The highest BCUT2D eigenvalue weighted by molar-refractivity contribution is 9.10. The third kappa shape index (κ3) is 3.74. The summed E-state index contributed by atoms with van der Waals surface area (Å²) in [7, 11) is 2.05. The SMILES string of the molecule is CNC1CCN(Cc2ccc(Br)cc2)C1.Cl. The zero-order chi connectivity index (χ0) is 10.7. The molecule has 0 spiro atoms. The molecular formula is C12H18BrClN2. The Kier molecular flexibility index (Phi) is 5.76. The average Bonchev–Trinajstić information content (AvgIpc) is 2.69. The number of hydrogen-bond donors (Lipinski definition) is 1.